The van der Waals surface area contributed by atoms with Gasteiger partial charge in [0.1, 0.15) is 5.82 Å². The Hall–Kier alpha value is -3.00. The number of hydrogen-bond donors (Lipinski definition) is 1. The number of halogens is 1. The number of carbonyl (C=O) groups excluding carboxylic acids is 1. The van der Waals surface area contributed by atoms with E-state index in [9.17, 15) is 9.18 Å². The van der Waals surface area contributed by atoms with Crippen LogP contribution >= 0.6 is 0 Å². The summed E-state index contributed by atoms with van der Waals surface area (Å²) in [4.78, 5) is 18.3. The van der Waals surface area contributed by atoms with Crippen LogP contribution in [0.3, 0.4) is 0 Å². The zero-order valence-corrected chi connectivity index (χ0v) is 22.3. The van der Waals surface area contributed by atoms with Crippen molar-refractivity contribution in [1.29, 1.82) is 0 Å². The van der Waals surface area contributed by atoms with Gasteiger partial charge in [-0.05, 0) is 50.8 Å². The zero-order valence-electron chi connectivity index (χ0n) is 22.3. The van der Waals surface area contributed by atoms with Crippen LogP contribution in [0.5, 0.6) is 0 Å². The van der Waals surface area contributed by atoms with Crippen LogP contribution in [0, 0.1) is 12.7 Å². The minimum absolute atomic E-state index is 0.107. The molecule has 3 heterocycles. The number of hydrogen-bond acceptors (Lipinski definition) is 5. The predicted molar refractivity (Wildman–Crippen MR) is 142 cm³/mol. The Labute approximate surface area is 214 Å². The summed E-state index contributed by atoms with van der Waals surface area (Å²) in [6.45, 7) is 12.5. The van der Waals surface area contributed by atoms with Crippen LogP contribution in [0.1, 0.15) is 65.0 Å². The maximum absolute atomic E-state index is 13.4. The molecule has 2 saturated heterocycles. The summed E-state index contributed by atoms with van der Waals surface area (Å²) in [5.74, 6) is -0.0650. The molecule has 1 unspecified atom stereocenters. The Morgan fingerprint density at radius 1 is 1.33 bits per heavy atom. The lowest BCUT2D eigenvalue weighted by Gasteiger charge is -2.30. The Morgan fingerprint density at radius 2 is 2.11 bits per heavy atom. The van der Waals surface area contributed by atoms with Gasteiger partial charge in [0.15, 0.2) is 0 Å². The van der Waals surface area contributed by atoms with E-state index in [4.69, 9.17) is 15.5 Å². The third-order valence-electron chi connectivity index (χ3n) is 6.55. The minimum Gasteiger partial charge on any atom is -0.402 e. The number of nitrogens with two attached hydrogens (primary N) is 1. The van der Waals surface area contributed by atoms with Gasteiger partial charge >= 0.3 is 0 Å². The number of carbonyl (C=O) groups is 1. The number of aliphatic imine (C=N–C) groups is 1. The van der Waals surface area contributed by atoms with E-state index in [-0.39, 0.29) is 17.8 Å². The van der Waals surface area contributed by atoms with Crippen molar-refractivity contribution in [2.75, 3.05) is 26.3 Å². The molecule has 1 amide bonds. The molecule has 0 aliphatic carbocycles. The van der Waals surface area contributed by atoms with Gasteiger partial charge in [0.05, 0.1) is 18.8 Å². The molecule has 2 aliphatic heterocycles. The lowest BCUT2D eigenvalue weighted by Crippen LogP contribution is -2.40. The molecule has 36 heavy (non-hydrogen) atoms. The van der Waals surface area contributed by atoms with Crippen molar-refractivity contribution in [3.63, 3.8) is 0 Å². The first kappa shape index (κ1) is 27.6. The number of ether oxygens (including phenoxy) is 1. The van der Waals surface area contributed by atoms with Crippen LogP contribution in [0.15, 0.2) is 46.9 Å². The van der Waals surface area contributed by atoms with Crippen LogP contribution in [0.25, 0.3) is 11.1 Å². The van der Waals surface area contributed by atoms with Gasteiger partial charge in [-0.25, -0.2) is 4.39 Å². The monoisotopic (exact) mass is 497 g/mol. The number of rotatable bonds is 5. The average molecular weight is 498 g/mol. The van der Waals surface area contributed by atoms with Crippen molar-refractivity contribution >= 4 is 11.6 Å². The summed E-state index contributed by atoms with van der Waals surface area (Å²) < 4.78 is 20.7. The molecule has 2 aliphatic rings. The first-order chi connectivity index (χ1) is 17.2. The third-order valence-corrected chi connectivity index (χ3v) is 6.55. The van der Waals surface area contributed by atoms with Crippen LogP contribution in [0.2, 0.25) is 0 Å². The van der Waals surface area contributed by atoms with Gasteiger partial charge in [0, 0.05) is 67.8 Å². The van der Waals surface area contributed by atoms with Gasteiger partial charge in [-0.3, -0.25) is 14.5 Å². The summed E-state index contributed by atoms with van der Waals surface area (Å²) in [7, 11) is 0. The molecule has 2 fully saturated rings. The number of likely N-dealkylation sites (tertiary alicyclic amines) is 1. The van der Waals surface area contributed by atoms with E-state index in [1.165, 1.54) is 0 Å². The second kappa shape index (κ2) is 12.8. The van der Waals surface area contributed by atoms with Gasteiger partial charge < -0.3 is 15.4 Å². The Morgan fingerprint density at radius 3 is 2.69 bits per heavy atom. The van der Waals surface area contributed by atoms with Gasteiger partial charge in [-0.2, -0.15) is 5.10 Å². The SMILES string of the molecule is CCC/C(N)=C1\CN(C(C)=O)CCC1=NC1CCOC1.Cc1ccc(-c2cnn(C(C)C)c2)cc1F. The zero-order chi connectivity index (χ0) is 26.2. The van der Waals surface area contributed by atoms with Crippen molar-refractivity contribution < 1.29 is 13.9 Å². The molecule has 0 bridgehead atoms. The molecular formula is C28H40FN5O2. The van der Waals surface area contributed by atoms with Crippen LogP contribution in [-0.2, 0) is 9.53 Å². The van der Waals surface area contributed by atoms with Crippen molar-refractivity contribution in [1.82, 2.24) is 14.7 Å². The third kappa shape index (κ3) is 7.26. The van der Waals surface area contributed by atoms with Crippen LogP contribution < -0.4 is 5.73 Å². The highest BCUT2D eigenvalue weighted by molar-refractivity contribution is 6.03. The Balaban J connectivity index is 0.000000205. The maximum Gasteiger partial charge on any atom is 0.219 e. The maximum atomic E-state index is 13.4. The van der Waals surface area contributed by atoms with Gasteiger partial charge in [0.25, 0.3) is 0 Å². The largest absolute Gasteiger partial charge is 0.402 e. The number of benzene rings is 1. The summed E-state index contributed by atoms with van der Waals surface area (Å²) in [5.41, 5.74) is 11.7. The fourth-order valence-corrected chi connectivity index (χ4v) is 4.26. The molecule has 0 radical (unpaired) electrons. The fourth-order valence-electron chi connectivity index (χ4n) is 4.26. The number of piperidine rings is 1. The molecular weight excluding hydrogens is 457 g/mol. The van der Waals surface area contributed by atoms with Gasteiger partial charge in [-0.15, -0.1) is 0 Å². The van der Waals surface area contributed by atoms with E-state index in [0.29, 0.717) is 24.8 Å². The number of aryl methyl sites for hydroxylation is 1. The van der Waals surface area contributed by atoms with Crippen molar-refractivity contribution in [3.05, 3.63) is 53.2 Å². The van der Waals surface area contributed by atoms with Crippen molar-refractivity contribution in [2.24, 2.45) is 10.7 Å². The number of aromatic nitrogens is 2. The normalized spacial score (nSPS) is 20.5. The van der Waals surface area contributed by atoms with Gasteiger partial charge in [-0.1, -0.05) is 25.5 Å². The average Bonchev–Trinajstić information content (AvgIpc) is 3.54. The molecule has 4 rings (SSSR count). The van der Waals surface area contributed by atoms with E-state index >= 15 is 0 Å². The van der Waals surface area contributed by atoms with Gasteiger partial charge in [0.2, 0.25) is 5.91 Å². The highest BCUT2D eigenvalue weighted by Crippen LogP contribution is 2.23. The second-order valence-corrected chi connectivity index (χ2v) is 9.80. The van der Waals surface area contributed by atoms with E-state index in [0.717, 1.165) is 66.9 Å². The topological polar surface area (TPSA) is 85.7 Å². The first-order valence-electron chi connectivity index (χ1n) is 12.9. The molecule has 196 valence electrons. The molecule has 7 nitrogen and oxygen atoms in total. The number of nitrogens with zero attached hydrogens (tertiary/aromatic N) is 4. The first-order valence-corrected chi connectivity index (χ1v) is 12.9. The highest BCUT2D eigenvalue weighted by Gasteiger charge is 2.25. The molecule has 2 aromatic rings. The lowest BCUT2D eigenvalue weighted by atomic mass is 9.97. The predicted octanol–water partition coefficient (Wildman–Crippen LogP) is 5.06. The smallest absolute Gasteiger partial charge is 0.219 e. The minimum atomic E-state index is -0.171. The van der Waals surface area contributed by atoms with Crippen LogP contribution in [-0.4, -0.2) is 58.6 Å². The highest BCUT2D eigenvalue weighted by atomic mass is 19.1. The van der Waals surface area contributed by atoms with Crippen molar-refractivity contribution in [3.8, 4) is 11.1 Å². The van der Waals surface area contributed by atoms with Crippen LogP contribution in [0.4, 0.5) is 4.39 Å². The van der Waals surface area contributed by atoms with E-state index in [2.05, 4.69) is 25.9 Å². The fraction of sp³-hybridized carbons (Fsp3) is 0.536. The molecule has 0 saturated carbocycles. The van der Waals surface area contributed by atoms with E-state index in [1.807, 2.05) is 21.8 Å². The molecule has 1 aromatic carbocycles. The summed E-state index contributed by atoms with van der Waals surface area (Å²) >= 11 is 0. The number of amides is 1. The second-order valence-electron chi connectivity index (χ2n) is 9.80. The summed E-state index contributed by atoms with van der Waals surface area (Å²) in [5, 5.41) is 4.24. The lowest BCUT2D eigenvalue weighted by molar-refractivity contribution is -0.128. The van der Waals surface area contributed by atoms with E-state index in [1.54, 1.807) is 32.2 Å². The number of allylic oxidation sites excluding steroid dienone is 1. The summed E-state index contributed by atoms with van der Waals surface area (Å²) in [6.07, 6.45) is 7.37. The Bertz CT molecular complexity index is 1100. The quantitative estimate of drug-likeness (QED) is 0.626. The summed E-state index contributed by atoms with van der Waals surface area (Å²) in [6, 6.07) is 5.84. The molecule has 1 aromatic heterocycles. The molecule has 8 heteroatoms. The van der Waals surface area contributed by atoms with Crippen molar-refractivity contribution in [2.45, 2.75) is 72.4 Å². The standard InChI is InChI=1S/C15H25N3O2.C13H15FN2/c1-3-4-14(16)13-9-18(11(2)19)7-5-15(13)17-12-6-8-20-10-12;1-9(2)16-8-12(7-15-16)11-5-4-10(3)13(14)6-11/h12H,3-10,16H2,1-2H3;4-9H,1-3H3/b14-13-,17-15?;. The Kier molecular flexibility index (Phi) is 9.81. The van der Waals surface area contributed by atoms with E-state index < -0.39 is 0 Å². The molecule has 0 spiro atoms. The molecule has 2 N–H and O–H groups in total. The molecule has 1 atom stereocenters.